The minimum absolute atomic E-state index is 0.673. The first-order chi connectivity index (χ1) is 8.83. The van der Waals surface area contributed by atoms with Crippen molar-refractivity contribution in [2.45, 2.75) is 26.2 Å². The molecule has 2 N–H and O–H groups in total. The van der Waals surface area contributed by atoms with Crippen LogP contribution in [0, 0.1) is 11.8 Å². The van der Waals surface area contributed by atoms with Crippen molar-refractivity contribution in [3.8, 4) is 0 Å². The predicted molar refractivity (Wildman–Crippen MR) is 72.4 cm³/mol. The van der Waals surface area contributed by atoms with E-state index in [0.717, 1.165) is 35.7 Å². The molecule has 3 rings (SSSR count). The fraction of sp³-hybridized carbons (Fsp3) is 0.571. The van der Waals surface area contributed by atoms with Crippen LogP contribution in [-0.2, 0) is 6.42 Å². The van der Waals surface area contributed by atoms with E-state index in [-0.39, 0.29) is 0 Å². The summed E-state index contributed by atoms with van der Waals surface area (Å²) >= 11 is 0. The van der Waals surface area contributed by atoms with Crippen molar-refractivity contribution >= 4 is 11.0 Å². The highest BCUT2D eigenvalue weighted by Crippen LogP contribution is 2.23. The molecule has 4 heteroatoms. The van der Waals surface area contributed by atoms with Crippen LogP contribution in [0.1, 0.15) is 25.6 Å². The largest absolute Gasteiger partial charge is 0.341 e. The van der Waals surface area contributed by atoms with E-state index in [2.05, 4.69) is 27.2 Å². The van der Waals surface area contributed by atoms with Crippen LogP contribution in [0.2, 0.25) is 0 Å². The number of H-pyrrole nitrogens is 1. The van der Waals surface area contributed by atoms with Crippen molar-refractivity contribution in [2.75, 3.05) is 13.1 Å². The van der Waals surface area contributed by atoms with Gasteiger partial charge in [-0.25, -0.2) is 4.98 Å². The number of fused-ring (bicyclic) bond motifs is 1. The highest BCUT2D eigenvalue weighted by atomic mass is 14.9. The van der Waals surface area contributed by atoms with E-state index in [9.17, 15) is 0 Å². The summed E-state index contributed by atoms with van der Waals surface area (Å²) in [5, 5.41) is 3.49. The molecule has 0 aliphatic carbocycles. The summed E-state index contributed by atoms with van der Waals surface area (Å²) in [4.78, 5) is 12.1. The third-order valence-corrected chi connectivity index (χ3v) is 3.99. The Morgan fingerprint density at radius 2 is 2.44 bits per heavy atom. The van der Waals surface area contributed by atoms with Gasteiger partial charge in [-0.2, -0.15) is 0 Å². The molecule has 0 amide bonds. The number of piperidine rings is 1. The average molecular weight is 244 g/mol. The van der Waals surface area contributed by atoms with Crippen LogP contribution in [0.5, 0.6) is 0 Å². The zero-order valence-electron chi connectivity index (χ0n) is 10.8. The number of hydrogen-bond acceptors (Lipinski definition) is 3. The van der Waals surface area contributed by atoms with Crippen molar-refractivity contribution in [3.05, 3.63) is 24.3 Å². The second kappa shape index (κ2) is 5.06. The first kappa shape index (κ1) is 11.7. The fourth-order valence-corrected chi connectivity index (χ4v) is 2.84. The number of imidazole rings is 1. The van der Waals surface area contributed by atoms with E-state index in [1.54, 1.807) is 6.20 Å². The Bertz CT molecular complexity index is 480. The second-order valence-corrected chi connectivity index (χ2v) is 5.36. The van der Waals surface area contributed by atoms with Gasteiger partial charge in [-0.3, -0.25) is 4.98 Å². The summed E-state index contributed by atoms with van der Waals surface area (Å²) < 4.78 is 0. The lowest BCUT2D eigenvalue weighted by atomic mass is 9.85. The molecule has 1 aliphatic heterocycles. The molecule has 1 saturated heterocycles. The number of aromatic nitrogens is 3. The zero-order valence-corrected chi connectivity index (χ0v) is 10.8. The number of nitrogens with zero attached hydrogens (tertiary/aromatic N) is 2. The smallest absolute Gasteiger partial charge is 0.107 e. The lowest BCUT2D eigenvalue weighted by molar-refractivity contribution is 0.276. The highest BCUT2D eigenvalue weighted by Gasteiger charge is 2.21. The average Bonchev–Trinajstić information content (AvgIpc) is 2.82. The van der Waals surface area contributed by atoms with Gasteiger partial charge in [-0.05, 0) is 43.8 Å². The molecule has 18 heavy (non-hydrogen) atoms. The molecule has 0 saturated carbocycles. The van der Waals surface area contributed by atoms with Gasteiger partial charge < -0.3 is 10.3 Å². The van der Waals surface area contributed by atoms with E-state index in [0.29, 0.717) is 5.92 Å². The molecule has 2 aromatic heterocycles. The number of aromatic amines is 1. The number of hydrogen-bond donors (Lipinski definition) is 2. The number of nitrogens with one attached hydrogen (secondary N) is 2. The Hall–Kier alpha value is -1.42. The Morgan fingerprint density at radius 3 is 3.22 bits per heavy atom. The van der Waals surface area contributed by atoms with Gasteiger partial charge >= 0.3 is 0 Å². The van der Waals surface area contributed by atoms with Crippen molar-refractivity contribution in [2.24, 2.45) is 11.8 Å². The Kier molecular flexibility index (Phi) is 3.28. The Balaban J connectivity index is 1.71. The molecule has 1 aliphatic rings. The summed E-state index contributed by atoms with van der Waals surface area (Å²) in [5.74, 6) is 2.55. The summed E-state index contributed by atoms with van der Waals surface area (Å²) in [6, 6.07) is 1.96. The van der Waals surface area contributed by atoms with Gasteiger partial charge in [0, 0.05) is 12.6 Å². The predicted octanol–water partition coefficient (Wildman–Crippen LogP) is 2.14. The summed E-state index contributed by atoms with van der Waals surface area (Å²) in [6.07, 6.45) is 7.32. The van der Waals surface area contributed by atoms with E-state index in [1.807, 2.05) is 12.3 Å². The minimum atomic E-state index is 0.673. The molecule has 2 unspecified atom stereocenters. The third-order valence-electron chi connectivity index (χ3n) is 3.99. The van der Waals surface area contributed by atoms with Gasteiger partial charge in [-0.1, -0.05) is 6.92 Å². The maximum atomic E-state index is 4.63. The van der Waals surface area contributed by atoms with Crippen LogP contribution in [0.4, 0.5) is 0 Å². The number of rotatable bonds is 3. The summed E-state index contributed by atoms with van der Waals surface area (Å²) in [6.45, 7) is 4.67. The minimum Gasteiger partial charge on any atom is -0.341 e. The molecule has 3 heterocycles. The third kappa shape index (κ3) is 2.38. The fourth-order valence-electron chi connectivity index (χ4n) is 2.84. The Morgan fingerprint density at radius 1 is 1.50 bits per heavy atom. The maximum absolute atomic E-state index is 4.63. The van der Waals surface area contributed by atoms with Gasteiger partial charge in [0.15, 0.2) is 0 Å². The SMILES string of the molecule is CC(Cc1nc2ccncc2[nH]1)C1CCCNC1. The number of pyridine rings is 1. The van der Waals surface area contributed by atoms with Crippen LogP contribution in [0.25, 0.3) is 11.0 Å². The quantitative estimate of drug-likeness (QED) is 0.869. The van der Waals surface area contributed by atoms with Gasteiger partial charge in [0.25, 0.3) is 0 Å². The van der Waals surface area contributed by atoms with Gasteiger partial charge in [0.2, 0.25) is 0 Å². The van der Waals surface area contributed by atoms with Crippen molar-refractivity contribution in [1.82, 2.24) is 20.3 Å². The standard InChI is InChI=1S/C14H20N4/c1-10(11-3-2-5-15-8-11)7-14-17-12-4-6-16-9-13(12)18-14/h4,6,9-11,15H,2-3,5,7-8H2,1H3,(H,17,18). The van der Waals surface area contributed by atoms with Gasteiger partial charge in [0.1, 0.15) is 5.82 Å². The van der Waals surface area contributed by atoms with E-state index in [4.69, 9.17) is 0 Å². The molecule has 0 aromatic carbocycles. The molecular weight excluding hydrogens is 224 g/mol. The Labute approximate surface area is 107 Å². The molecule has 4 nitrogen and oxygen atoms in total. The topological polar surface area (TPSA) is 53.6 Å². The molecular formula is C14H20N4. The van der Waals surface area contributed by atoms with Crippen molar-refractivity contribution < 1.29 is 0 Å². The van der Waals surface area contributed by atoms with Crippen molar-refractivity contribution in [3.63, 3.8) is 0 Å². The lowest BCUT2D eigenvalue weighted by Crippen LogP contribution is -2.34. The molecule has 1 fully saturated rings. The molecule has 0 spiro atoms. The molecule has 2 atom stereocenters. The van der Waals surface area contributed by atoms with Crippen LogP contribution in [0.3, 0.4) is 0 Å². The molecule has 2 aromatic rings. The first-order valence-corrected chi connectivity index (χ1v) is 6.82. The molecule has 96 valence electrons. The van der Waals surface area contributed by atoms with E-state index in [1.165, 1.54) is 19.4 Å². The van der Waals surface area contributed by atoms with Crippen LogP contribution >= 0.6 is 0 Å². The normalized spacial score (nSPS) is 22.2. The zero-order chi connectivity index (χ0) is 12.4. The first-order valence-electron chi connectivity index (χ1n) is 6.82. The summed E-state index contributed by atoms with van der Waals surface area (Å²) in [5.41, 5.74) is 2.07. The molecule has 0 radical (unpaired) electrons. The van der Waals surface area contributed by atoms with Crippen molar-refractivity contribution in [1.29, 1.82) is 0 Å². The van der Waals surface area contributed by atoms with Crippen LogP contribution < -0.4 is 5.32 Å². The summed E-state index contributed by atoms with van der Waals surface area (Å²) in [7, 11) is 0. The monoisotopic (exact) mass is 244 g/mol. The van der Waals surface area contributed by atoms with E-state index >= 15 is 0 Å². The maximum Gasteiger partial charge on any atom is 0.107 e. The molecule has 0 bridgehead atoms. The van der Waals surface area contributed by atoms with Gasteiger partial charge in [0.05, 0.1) is 17.2 Å². The van der Waals surface area contributed by atoms with Crippen LogP contribution in [-0.4, -0.2) is 28.0 Å². The van der Waals surface area contributed by atoms with E-state index < -0.39 is 0 Å². The van der Waals surface area contributed by atoms with Gasteiger partial charge in [-0.15, -0.1) is 0 Å². The second-order valence-electron chi connectivity index (χ2n) is 5.36. The van der Waals surface area contributed by atoms with Crippen LogP contribution in [0.15, 0.2) is 18.5 Å². The lowest BCUT2D eigenvalue weighted by Gasteiger charge is -2.27. The highest BCUT2D eigenvalue weighted by molar-refractivity contribution is 5.73.